The van der Waals surface area contributed by atoms with Crippen molar-refractivity contribution in [1.82, 2.24) is 10.2 Å². The highest BCUT2D eigenvalue weighted by Gasteiger charge is 2.52. The number of ether oxygens (including phenoxy) is 1. The number of halogens is 1. The predicted molar refractivity (Wildman–Crippen MR) is 89.5 cm³/mol. The third-order valence-electron chi connectivity index (χ3n) is 4.46. The number of carbonyl (C=O) groups excluding carboxylic acids is 1. The molecule has 2 aliphatic heterocycles. The van der Waals surface area contributed by atoms with Crippen molar-refractivity contribution in [3.63, 3.8) is 0 Å². The van der Waals surface area contributed by atoms with E-state index in [2.05, 4.69) is 29.6 Å². The molecule has 1 aromatic carbocycles. The van der Waals surface area contributed by atoms with Gasteiger partial charge in [-0.25, -0.2) is 4.79 Å². The second kappa shape index (κ2) is 6.09. The smallest absolute Gasteiger partial charge is 0.410 e. The minimum absolute atomic E-state index is 0. The Labute approximate surface area is 138 Å². The highest BCUT2D eigenvalue weighted by molar-refractivity contribution is 5.85. The van der Waals surface area contributed by atoms with Gasteiger partial charge in [-0.05, 0) is 26.3 Å². The zero-order valence-electron chi connectivity index (χ0n) is 13.5. The standard InChI is InChI=1S/C17H24N2O2.ClH/c1-16(2,3)21-15(20)19-9-14(13-7-5-4-6-8-13)17(12-19)10-18-11-17;/h4-8,14,18H,9-12H2,1-3H3;1H. The minimum Gasteiger partial charge on any atom is -0.444 e. The fraction of sp³-hybridized carbons (Fsp3) is 0.588. The Hall–Kier alpha value is -1.26. The van der Waals surface area contributed by atoms with Gasteiger partial charge in [0.1, 0.15) is 5.60 Å². The number of carbonyl (C=O) groups is 1. The summed E-state index contributed by atoms with van der Waals surface area (Å²) in [5, 5.41) is 3.37. The van der Waals surface area contributed by atoms with Crippen LogP contribution in [0.1, 0.15) is 32.3 Å². The van der Waals surface area contributed by atoms with Crippen LogP contribution in [0.3, 0.4) is 0 Å². The average Bonchev–Trinajstić information content (AvgIpc) is 2.78. The molecule has 1 amide bonds. The van der Waals surface area contributed by atoms with Crippen molar-refractivity contribution in [3.05, 3.63) is 35.9 Å². The lowest BCUT2D eigenvalue weighted by molar-refractivity contribution is 0.0257. The van der Waals surface area contributed by atoms with Gasteiger partial charge in [0.25, 0.3) is 0 Å². The fourth-order valence-corrected chi connectivity index (χ4v) is 3.38. The van der Waals surface area contributed by atoms with E-state index in [1.807, 2.05) is 31.7 Å². The number of benzene rings is 1. The SMILES string of the molecule is CC(C)(C)OC(=O)N1CC(c2ccccc2)C2(CNC2)C1.Cl. The van der Waals surface area contributed by atoms with Crippen LogP contribution in [0.2, 0.25) is 0 Å². The van der Waals surface area contributed by atoms with Crippen LogP contribution in [0.5, 0.6) is 0 Å². The molecular weight excluding hydrogens is 300 g/mol. The van der Waals surface area contributed by atoms with Crippen molar-refractivity contribution < 1.29 is 9.53 Å². The summed E-state index contributed by atoms with van der Waals surface area (Å²) < 4.78 is 5.53. The number of rotatable bonds is 1. The molecule has 3 rings (SSSR count). The maximum atomic E-state index is 12.3. The van der Waals surface area contributed by atoms with Crippen LogP contribution in [0, 0.1) is 5.41 Å². The quantitative estimate of drug-likeness (QED) is 0.863. The molecule has 0 radical (unpaired) electrons. The molecular formula is C17H25ClN2O2. The van der Waals surface area contributed by atoms with Gasteiger partial charge in [-0.3, -0.25) is 0 Å². The lowest BCUT2D eigenvalue weighted by Gasteiger charge is -2.43. The highest BCUT2D eigenvalue weighted by Crippen LogP contribution is 2.45. The number of hydrogen-bond donors (Lipinski definition) is 1. The van der Waals surface area contributed by atoms with Crippen molar-refractivity contribution in [2.24, 2.45) is 5.41 Å². The summed E-state index contributed by atoms with van der Waals surface area (Å²) in [5.74, 6) is 0.396. The number of hydrogen-bond acceptors (Lipinski definition) is 3. The first kappa shape index (κ1) is 17.1. The number of nitrogens with one attached hydrogen (secondary N) is 1. The Morgan fingerprint density at radius 2 is 1.91 bits per heavy atom. The average molecular weight is 325 g/mol. The van der Waals surface area contributed by atoms with E-state index in [9.17, 15) is 4.79 Å². The molecule has 1 spiro atoms. The van der Waals surface area contributed by atoms with Gasteiger partial charge in [0.05, 0.1) is 0 Å². The second-order valence-corrected chi connectivity index (χ2v) is 7.29. The first-order valence-corrected chi connectivity index (χ1v) is 7.63. The predicted octanol–water partition coefficient (Wildman–Crippen LogP) is 3.03. The fourth-order valence-electron chi connectivity index (χ4n) is 3.38. The maximum absolute atomic E-state index is 12.3. The van der Waals surface area contributed by atoms with Gasteiger partial charge in [0.15, 0.2) is 0 Å². The number of likely N-dealkylation sites (tertiary alicyclic amines) is 1. The van der Waals surface area contributed by atoms with Gasteiger partial charge in [-0.15, -0.1) is 12.4 Å². The molecule has 0 aromatic heterocycles. The topological polar surface area (TPSA) is 41.6 Å². The molecule has 4 nitrogen and oxygen atoms in total. The third kappa shape index (κ3) is 3.23. The van der Waals surface area contributed by atoms with E-state index < -0.39 is 5.60 Å². The molecule has 5 heteroatoms. The molecule has 2 aliphatic rings. The van der Waals surface area contributed by atoms with Crippen LogP contribution >= 0.6 is 12.4 Å². The van der Waals surface area contributed by atoms with Crippen LogP contribution in [0.25, 0.3) is 0 Å². The normalized spacial score (nSPS) is 22.9. The lowest BCUT2D eigenvalue weighted by atomic mass is 9.70. The molecule has 0 saturated carbocycles. The molecule has 2 heterocycles. The van der Waals surface area contributed by atoms with Gasteiger partial charge in [0.2, 0.25) is 0 Å². The van der Waals surface area contributed by atoms with Crippen molar-refractivity contribution in [2.75, 3.05) is 26.2 Å². The largest absolute Gasteiger partial charge is 0.444 e. The van der Waals surface area contributed by atoms with Crippen LogP contribution < -0.4 is 5.32 Å². The van der Waals surface area contributed by atoms with E-state index in [-0.39, 0.29) is 23.9 Å². The zero-order valence-corrected chi connectivity index (χ0v) is 14.3. The van der Waals surface area contributed by atoms with Crippen molar-refractivity contribution in [3.8, 4) is 0 Å². The van der Waals surface area contributed by atoms with E-state index in [1.54, 1.807) is 0 Å². The first-order chi connectivity index (χ1) is 9.90. The van der Waals surface area contributed by atoms with Crippen LogP contribution in [-0.4, -0.2) is 42.8 Å². The second-order valence-electron chi connectivity index (χ2n) is 7.29. The van der Waals surface area contributed by atoms with Gasteiger partial charge in [0, 0.05) is 37.5 Å². The Morgan fingerprint density at radius 3 is 2.41 bits per heavy atom. The van der Waals surface area contributed by atoms with E-state index in [0.29, 0.717) is 5.92 Å². The van der Waals surface area contributed by atoms with Gasteiger partial charge < -0.3 is 15.0 Å². The minimum atomic E-state index is -0.438. The van der Waals surface area contributed by atoms with Gasteiger partial charge in [-0.2, -0.15) is 0 Å². The Kier molecular flexibility index (Phi) is 4.73. The summed E-state index contributed by atoms with van der Waals surface area (Å²) in [5.41, 5.74) is 1.07. The molecule has 1 N–H and O–H groups in total. The van der Waals surface area contributed by atoms with Crippen LogP contribution in [0.15, 0.2) is 30.3 Å². The summed E-state index contributed by atoms with van der Waals surface area (Å²) in [6.07, 6.45) is -0.188. The maximum Gasteiger partial charge on any atom is 0.410 e. The Morgan fingerprint density at radius 1 is 1.27 bits per heavy atom. The molecule has 2 saturated heterocycles. The van der Waals surface area contributed by atoms with Crippen LogP contribution in [0.4, 0.5) is 4.79 Å². The molecule has 22 heavy (non-hydrogen) atoms. The molecule has 2 fully saturated rings. The monoisotopic (exact) mass is 324 g/mol. The number of amides is 1. The van der Waals surface area contributed by atoms with Crippen molar-refractivity contribution >= 4 is 18.5 Å². The van der Waals surface area contributed by atoms with Crippen molar-refractivity contribution in [2.45, 2.75) is 32.3 Å². The molecule has 1 unspecified atom stereocenters. The summed E-state index contributed by atoms with van der Waals surface area (Å²) in [7, 11) is 0. The molecule has 1 aromatic rings. The molecule has 122 valence electrons. The lowest BCUT2D eigenvalue weighted by Crippen LogP contribution is -2.57. The summed E-state index contributed by atoms with van der Waals surface area (Å²) in [4.78, 5) is 14.2. The van der Waals surface area contributed by atoms with E-state index in [4.69, 9.17) is 4.74 Å². The molecule has 0 bridgehead atoms. The Balaban J connectivity index is 0.00000176. The Bertz CT molecular complexity index is 523. The van der Waals surface area contributed by atoms with Gasteiger partial charge in [-0.1, -0.05) is 30.3 Å². The first-order valence-electron chi connectivity index (χ1n) is 7.63. The van der Waals surface area contributed by atoms with E-state index in [1.165, 1.54) is 5.56 Å². The highest BCUT2D eigenvalue weighted by atomic mass is 35.5. The van der Waals surface area contributed by atoms with E-state index in [0.717, 1.165) is 26.2 Å². The van der Waals surface area contributed by atoms with Gasteiger partial charge >= 0.3 is 6.09 Å². The van der Waals surface area contributed by atoms with Crippen molar-refractivity contribution in [1.29, 1.82) is 0 Å². The molecule has 1 atom stereocenters. The van der Waals surface area contributed by atoms with E-state index >= 15 is 0 Å². The number of nitrogens with zero attached hydrogens (tertiary/aromatic N) is 1. The molecule has 0 aliphatic carbocycles. The van der Waals surface area contributed by atoms with Crippen LogP contribution in [-0.2, 0) is 4.74 Å². The summed E-state index contributed by atoms with van der Waals surface area (Å²) in [6, 6.07) is 10.5. The third-order valence-corrected chi connectivity index (χ3v) is 4.46. The summed E-state index contributed by atoms with van der Waals surface area (Å²) >= 11 is 0. The zero-order chi connectivity index (χ0) is 15.1. The summed E-state index contributed by atoms with van der Waals surface area (Å²) in [6.45, 7) is 9.23.